The van der Waals surface area contributed by atoms with Gasteiger partial charge in [0.15, 0.2) is 0 Å². The number of imidazole rings is 1. The molecular weight excluding hydrogens is 634 g/mol. The van der Waals surface area contributed by atoms with Crippen molar-refractivity contribution in [2.75, 3.05) is 18.4 Å². The van der Waals surface area contributed by atoms with Crippen LogP contribution in [0.5, 0.6) is 0 Å². The summed E-state index contributed by atoms with van der Waals surface area (Å²) in [6, 6.07) is 14.1. The molecule has 0 saturated carbocycles. The van der Waals surface area contributed by atoms with E-state index in [1.807, 2.05) is 24.8 Å². The Kier molecular flexibility index (Phi) is 13.4. The highest BCUT2D eigenvalue weighted by atomic mass is 79.9. The van der Waals surface area contributed by atoms with Gasteiger partial charge in [-0.2, -0.15) is 0 Å². The molecule has 4 heterocycles. The number of allylic oxidation sites excluding steroid dienone is 1. The number of amides is 4. The number of nitrogens with zero attached hydrogens (tertiary/aromatic N) is 5. The summed E-state index contributed by atoms with van der Waals surface area (Å²) in [5.74, 6) is -0.592. The number of halogens is 1. The maximum Gasteiger partial charge on any atom is 0.261 e. The van der Waals surface area contributed by atoms with Gasteiger partial charge >= 0.3 is 0 Å². The van der Waals surface area contributed by atoms with Crippen LogP contribution in [0, 0.1) is 0 Å². The van der Waals surface area contributed by atoms with Crippen molar-refractivity contribution in [3.05, 3.63) is 102 Å². The Hall–Kier alpha value is -4.18. The second kappa shape index (κ2) is 17.9. The van der Waals surface area contributed by atoms with E-state index >= 15 is 0 Å². The third-order valence-electron chi connectivity index (χ3n) is 7.67. The summed E-state index contributed by atoms with van der Waals surface area (Å²) in [6.45, 7) is 2.01. The molecule has 4 amide bonds. The molecule has 236 valence electrons. The number of aryl methyl sites for hydroxylation is 1. The maximum absolute atomic E-state index is 12.2. The van der Waals surface area contributed by atoms with Gasteiger partial charge in [0, 0.05) is 56.2 Å². The second-order valence-electron chi connectivity index (χ2n) is 10.9. The van der Waals surface area contributed by atoms with Crippen LogP contribution in [0.4, 0.5) is 0 Å². The molecule has 2 aromatic carbocycles. The van der Waals surface area contributed by atoms with E-state index in [1.54, 1.807) is 60.9 Å². The van der Waals surface area contributed by atoms with E-state index in [9.17, 15) is 19.2 Å². The highest BCUT2D eigenvalue weighted by Crippen LogP contribution is 2.24. The predicted octanol–water partition coefficient (Wildman–Crippen LogP) is 6.95. The molecule has 0 N–H and O–H groups in total. The van der Waals surface area contributed by atoms with E-state index in [-0.39, 0.29) is 23.6 Å². The monoisotopic (exact) mass is 673 g/mol. The minimum absolute atomic E-state index is 0.143. The number of imide groups is 2. The van der Waals surface area contributed by atoms with Gasteiger partial charge in [0.05, 0.1) is 28.6 Å². The van der Waals surface area contributed by atoms with Crippen molar-refractivity contribution in [1.82, 2.24) is 19.4 Å². The maximum atomic E-state index is 12.2. The van der Waals surface area contributed by atoms with Crippen molar-refractivity contribution in [1.29, 1.82) is 0 Å². The van der Waals surface area contributed by atoms with Crippen LogP contribution in [0.1, 0.15) is 99.2 Å². The second-order valence-corrected chi connectivity index (χ2v) is 11.7. The Morgan fingerprint density at radius 3 is 1.44 bits per heavy atom. The van der Waals surface area contributed by atoms with Crippen LogP contribution in [0.2, 0.25) is 0 Å². The fourth-order valence-electron chi connectivity index (χ4n) is 5.24. The number of rotatable bonds is 13. The van der Waals surface area contributed by atoms with Crippen LogP contribution in [-0.2, 0) is 6.54 Å². The number of carbonyl (C=O) groups excluding carboxylic acids is 4. The van der Waals surface area contributed by atoms with Gasteiger partial charge in [0.1, 0.15) is 0 Å². The molecule has 6 rings (SSSR count). The molecule has 0 bridgehead atoms. The van der Waals surface area contributed by atoms with Crippen LogP contribution in [0.15, 0.2) is 84.5 Å². The third-order valence-corrected chi connectivity index (χ3v) is 8.23. The zero-order valence-corrected chi connectivity index (χ0v) is 27.1. The minimum atomic E-state index is -0.154. The zero-order valence-electron chi connectivity index (χ0n) is 25.5. The van der Waals surface area contributed by atoms with Crippen molar-refractivity contribution >= 4 is 45.8 Å². The van der Waals surface area contributed by atoms with E-state index in [0.717, 1.165) is 69.7 Å². The largest absolute Gasteiger partial charge is 0.337 e. The molecule has 0 fully saturated rings. The van der Waals surface area contributed by atoms with Gasteiger partial charge in [-0.25, -0.2) is 4.98 Å². The molecule has 10 heteroatoms. The van der Waals surface area contributed by atoms with Crippen LogP contribution in [0.3, 0.4) is 0 Å². The van der Waals surface area contributed by atoms with Crippen molar-refractivity contribution in [2.45, 2.75) is 64.3 Å². The summed E-state index contributed by atoms with van der Waals surface area (Å²) < 4.78 is 2.06. The molecule has 1 aromatic heterocycles. The Morgan fingerprint density at radius 2 is 1.09 bits per heavy atom. The molecule has 0 atom stereocenters. The number of hydrogen-bond donors (Lipinski definition) is 0. The van der Waals surface area contributed by atoms with E-state index in [0.29, 0.717) is 35.3 Å². The van der Waals surface area contributed by atoms with Gasteiger partial charge < -0.3 is 4.57 Å². The van der Waals surface area contributed by atoms with Gasteiger partial charge in [-0.15, -0.1) is 0 Å². The standard InChI is InChI=1S/C17H19N3O2.C14H16BrNO2.C4H5N/c21-16-14-7-3-4-8-15(14)17(22)20(16)11-6-2-1-5-10-19-12-9-18-13-19;15-9-5-1-2-6-10-16-13(17)11-7-3-4-8-12(11)14(16)18;1-2-4-5-3-1/h3-4,7-9,12-13H,1-2,5-6,10-11H2;3-4,7-8H,1-2,5-6,9-10H2;1,3-4H,2H2. The number of aliphatic imine (C=N–C) groups is 1. The topological polar surface area (TPSA) is 105 Å². The van der Waals surface area contributed by atoms with E-state index < -0.39 is 0 Å². The van der Waals surface area contributed by atoms with Crippen molar-refractivity contribution in [3.63, 3.8) is 0 Å². The summed E-state index contributed by atoms with van der Waals surface area (Å²) in [5, 5.41) is 1.01. The molecule has 3 aliphatic heterocycles. The number of carbonyl (C=O) groups is 4. The number of benzene rings is 2. The lowest BCUT2D eigenvalue weighted by Gasteiger charge is -2.13. The molecule has 3 aliphatic rings. The highest BCUT2D eigenvalue weighted by Gasteiger charge is 2.35. The van der Waals surface area contributed by atoms with E-state index in [2.05, 4.69) is 30.5 Å². The average molecular weight is 675 g/mol. The van der Waals surface area contributed by atoms with Crippen molar-refractivity contribution in [3.8, 4) is 0 Å². The smallest absolute Gasteiger partial charge is 0.261 e. The number of aromatic nitrogens is 2. The van der Waals surface area contributed by atoms with Gasteiger partial charge in [0.25, 0.3) is 23.6 Å². The first-order valence-corrected chi connectivity index (χ1v) is 16.7. The van der Waals surface area contributed by atoms with Crippen molar-refractivity contribution in [2.24, 2.45) is 4.99 Å². The summed E-state index contributed by atoms with van der Waals surface area (Å²) in [7, 11) is 0. The summed E-state index contributed by atoms with van der Waals surface area (Å²) in [5.41, 5.74) is 2.16. The average Bonchev–Trinajstić information content (AvgIpc) is 3.89. The van der Waals surface area contributed by atoms with E-state index in [1.165, 1.54) is 9.80 Å². The summed E-state index contributed by atoms with van der Waals surface area (Å²) in [6.07, 6.45) is 20.5. The molecule has 3 aromatic rings. The molecule has 0 saturated heterocycles. The molecule has 0 unspecified atom stereocenters. The minimum Gasteiger partial charge on any atom is -0.337 e. The Labute approximate surface area is 273 Å². The molecule has 0 spiro atoms. The van der Waals surface area contributed by atoms with Gasteiger partial charge in [-0.1, -0.05) is 72.0 Å². The predicted molar refractivity (Wildman–Crippen MR) is 179 cm³/mol. The van der Waals surface area contributed by atoms with Crippen LogP contribution >= 0.6 is 15.9 Å². The van der Waals surface area contributed by atoms with Crippen LogP contribution in [-0.4, -0.2) is 67.6 Å². The van der Waals surface area contributed by atoms with Gasteiger partial charge in [-0.3, -0.25) is 34.0 Å². The molecule has 0 aliphatic carbocycles. The number of alkyl halides is 1. The van der Waals surface area contributed by atoms with Crippen LogP contribution in [0.25, 0.3) is 0 Å². The zero-order chi connectivity index (χ0) is 31.9. The molecule has 45 heavy (non-hydrogen) atoms. The summed E-state index contributed by atoms with van der Waals surface area (Å²) in [4.78, 5) is 58.9. The van der Waals surface area contributed by atoms with Gasteiger partial charge in [0.2, 0.25) is 0 Å². The molecule has 0 radical (unpaired) electrons. The number of fused-ring (bicyclic) bond motifs is 2. The normalized spacial score (nSPS) is 14.3. The third kappa shape index (κ3) is 9.41. The first kappa shape index (κ1) is 33.7. The fourth-order valence-corrected chi connectivity index (χ4v) is 5.64. The quantitative estimate of drug-likeness (QED) is 0.111. The Bertz CT molecular complexity index is 1420. The fraction of sp³-hybridized carbons (Fsp3) is 0.371. The first-order chi connectivity index (χ1) is 22.0. The van der Waals surface area contributed by atoms with Crippen molar-refractivity contribution < 1.29 is 19.2 Å². The van der Waals surface area contributed by atoms with Crippen LogP contribution < -0.4 is 0 Å². The number of unbranched alkanes of at least 4 members (excludes halogenated alkanes) is 6. The lowest BCUT2D eigenvalue weighted by atomic mass is 10.1. The summed E-state index contributed by atoms with van der Waals surface area (Å²) >= 11 is 3.39. The Balaban J connectivity index is 0.000000180. The molecular formula is C35H40BrN5O4. The highest BCUT2D eigenvalue weighted by molar-refractivity contribution is 9.09. The molecule has 9 nitrogen and oxygen atoms in total. The SMILES string of the molecule is C1=CN=CC1.O=C1c2ccccc2C(=O)N1CCCCCCBr.O=C1c2ccccc2C(=O)N1CCCCCCn1ccnc1. The first-order valence-electron chi connectivity index (χ1n) is 15.6. The van der Waals surface area contributed by atoms with Gasteiger partial charge in [-0.05, 0) is 49.9 Å². The number of hydrogen-bond acceptors (Lipinski definition) is 6. The Morgan fingerprint density at radius 1 is 0.622 bits per heavy atom. The lowest BCUT2D eigenvalue weighted by molar-refractivity contribution is 0.0636. The lowest BCUT2D eigenvalue weighted by Crippen LogP contribution is -2.30. The van der Waals surface area contributed by atoms with E-state index in [4.69, 9.17) is 0 Å².